The molecule has 0 bridgehead atoms. The van der Waals surface area contributed by atoms with Gasteiger partial charge in [0.25, 0.3) is 0 Å². The van der Waals surface area contributed by atoms with Crippen molar-refractivity contribution in [1.29, 1.82) is 0 Å². The standard InChI is InChI=1S/C21H24N4O4S/c1-15-8-10-17(11-9-15)13-25(30(3,27)28)14-19(26)22-12-20-23-21(24-29-20)18-7-5-4-6-16(18)2/h4-11H,12-14H2,1-3H3,(H,22,26). The van der Waals surface area contributed by atoms with Gasteiger partial charge in [-0.25, -0.2) is 8.42 Å². The van der Waals surface area contributed by atoms with E-state index in [1.807, 2.05) is 62.4 Å². The van der Waals surface area contributed by atoms with Gasteiger partial charge in [-0.15, -0.1) is 0 Å². The fourth-order valence-electron chi connectivity index (χ4n) is 2.84. The number of nitrogens with one attached hydrogen (secondary N) is 1. The molecule has 158 valence electrons. The molecule has 0 fully saturated rings. The second kappa shape index (κ2) is 9.19. The van der Waals surface area contributed by atoms with Crippen molar-refractivity contribution in [2.24, 2.45) is 0 Å². The van der Waals surface area contributed by atoms with E-state index in [0.29, 0.717) is 5.82 Å². The SMILES string of the molecule is Cc1ccc(CN(CC(=O)NCc2nc(-c3ccccc3C)no2)S(C)(=O)=O)cc1. The van der Waals surface area contributed by atoms with Crippen LogP contribution < -0.4 is 5.32 Å². The fraction of sp³-hybridized carbons (Fsp3) is 0.286. The van der Waals surface area contributed by atoms with Crippen LogP contribution in [-0.4, -0.2) is 41.6 Å². The molecular formula is C21H24N4O4S. The molecule has 1 heterocycles. The normalized spacial score (nSPS) is 11.6. The molecule has 0 aliphatic heterocycles. The van der Waals surface area contributed by atoms with Crippen molar-refractivity contribution < 1.29 is 17.7 Å². The van der Waals surface area contributed by atoms with Gasteiger partial charge in [-0.1, -0.05) is 59.3 Å². The maximum Gasteiger partial charge on any atom is 0.246 e. The van der Waals surface area contributed by atoms with Gasteiger partial charge in [0.15, 0.2) is 0 Å². The van der Waals surface area contributed by atoms with Crippen molar-refractivity contribution in [2.45, 2.75) is 26.9 Å². The first-order valence-electron chi connectivity index (χ1n) is 9.38. The van der Waals surface area contributed by atoms with E-state index in [-0.39, 0.29) is 25.5 Å². The van der Waals surface area contributed by atoms with Crippen molar-refractivity contribution in [1.82, 2.24) is 19.8 Å². The van der Waals surface area contributed by atoms with Gasteiger partial charge in [-0.3, -0.25) is 4.79 Å². The van der Waals surface area contributed by atoms with E-state index in [1.165, 1.54) is 0 Å². The lowest BCUT2D eigenvalue weighted by molar-refractivity contribution is -0.121. The zero-order valence-corrected chi connectivity index (χ0v) is 17.9. The van der Waals surface area contributed by atoms with Gasteiger partial charge in [-0.2, -0.15) is 9.29 Å². The number of aryl methyl sites for hydroxylation is 2. The summed E-state index contributed by atoms with van der Waals surface area (Å²) in [4.78, 5) is 16.6. The molecule has 3 rings (SSSR count). The molecule has 0 saturated heterocycles. The van der Waals surface area contributed by atoms with E-state index in [9.17, 15) is 13.2 Å². The Bertz CT molecular complexity index is 1120. The van der Waals surface area contributed by atoms with Gasteiger partial charge in [-0.05, 0) is 25.0 Å². The lowest BCUT2D eigenvalue weighted by atomic mass is 10.1. The van der Waals surface area contributed by atoms with Gasteiger partial charge in [0.2, 0.25) is 27.6 Å². The predicted molar refractivity (Wildman–Crippen MR) is 113 cm³/mol. The summed E-state index contributed by atoms with van der Waals surface area (Å²) in [5.41, 5.74) is 3.74. The Morgan fingerprint density at radius 1 is 1.10 bits per heavy atom. The number of amides is 1. The Balaban J connectivity index is 1.61. The molecule has 9 heteroatoms. The number of aromatic nitrogens is 2. The molecule has 0 aliphatic rings. The van der Waals surface area contributed by atoms with Crippen LogP contribution in [0.2, 0.25) is 0 Å². The highest BCUT2D eigenvalue weighted by Gasteiger charge is 2.21. The minimum Gasteiger partial charge on any atom is -0.346 e. The number of hydrogen-bond donors (Lipinski definition) is 1. The van der Waals surface area contributed by atoms with Crippen LogP contribution in [0.3, 0.4) is 0 Å². The van der Waals surface area contributed by atoms with Crippen LogP contribution in [-0.2, 0) is 27.9 Å². The molecule has 1 N–H and O–H groups in total. The molecule has 2 aromatic carbocycles. The molecule has 0 unspecified atom stereocenters. The van der Waals surface area contributed by atoms with E-state index in [1.54, 1.807) is 0 Å². The summed E-state index contributed by atoms with van der Waals surface area (Å²) in [7, 11) is -3.57. The molecule has 0 spiro atoms. The Hall–Kier alpha value is -3.04. The highest BCUT2D eigenvalue weighted by atomic mass is 32.2. The zero-order chi connectivity index (χ0) is 21.7. The van der Waals surface area contributed by atoms with Gasteiger partial charge < -0.3 is 9.84 Å². The molecule has 0 saturated carbocycles. The average molecular weight is 429 g/mol. The van der Waals surface area contributed by atoms with Crippen LogP contribution in [0.15, 0.2) is 53.1 Å². The number of nitrogens with zero attached hydrogens (tertiary/aromatic N) is 3. The van der Waals surface area contributed by atoms with Crippen molar-refractivity contribution >= 4 is 15.9 Å². The maximum atomic E-state index is 12.3. The average Bonchev–Trinajstić information content (AvgIpc) is 3.16. The fourth-order valence-corrected chi connectivity index (χ4v) is 3.57. The molecule has 3 aromatic rings. The summed E-state index contributed by atoms with van der Waals surface area (Å²) in [6.45, 7) is 3.73. The lowest BCUT2D eigenvalue weighted by Gasteiger charge is -2.19. The summed E-state index contributed by atoms with van der Waals surface area (Å²) in [5.74, 6) is 0.226. The second-order valence-corrected chi connectivity index (χ2v) is 9.10. The van der Waals surface area contributed by atoms with Crippen LogP contribution in [0.1, 0.15) is 22.6 Å². The topological polar surface area (TPSA) is 105 Å². The van der Waals surface area contributed by atoms with E-state index in [0.717, 1.165) is 32.8 Å². The van der Waals surface area contributed by atoms with Crippen molar-refractivity contribution in [3.63, 3.8) is 0 Å². The smallest absolute Gasteiger partial charge is 0.246 e. The third kappa shape index (κ3) is 5.74. The largest absolute Gasteiger partial charge is 0.346 e. The van der Waals surface area contributed by atoms with E-state index in [4.69, 9.17) is 4.52 Å². The number of benzene rings is 2. The summed E-state index contributed by atoms with van der Waals surface area (Å²) in [6.07, 6.45) is 1.08. The molecule has 0 radical (unpaired) electrons. The van der Waals surface area contributed by atoms with E-state index in [2.05, 4.69) is 15.5 Å². The first kappa shape index (κ1) is 21.7. The third-order valence-electron chi connectivity index (χ3n) is 4.56. The number of hydrogen-bond acceptors (Lipinski definition) is 6. The number of rotatable bonds is 8. The Morgan fingerprint density at radius 2 is 1.80 bits per heavy atom. The number of sulfonamides is 1. The minimum absolute atomic E-state index is 0.0137. The van der Waals surface area contributed by atoms with Crippen LogP contribution in [0, 0.1) is 13.8 Å². The van der Waals surface area contributed by atoms with Crippen LogP contribution in [0.4, 0.5) is 0 Å². The van der Waals surface area contributed by atoms with Crippen molar-refractivity contribution in [3.8, 4) is 11.4 Å². The molecule has 1 aromatic heterocycles. The quantitative estimate of drug-likeness (QED) is 0.591. The monoisotopic (exact) mass is 428 g/mol. The molecule has 1 amide bonds. The van der Waals surface area contributed by atoms with Gasteiger partial charge >= 0.3 is 0 Å². The summed E-state index contributed by atoms with van der Waals surface area (Å²) >= 11 is 0. The molecule has 8 nitrogen and oxygen atoms in total. The maximum absolute atomic E-state index is 12.3. The summed E-state index contributed by atoms with van der Waals surface area (Å²) < 4.78 is 30.5. The van der Waals surface area contributed by atoms with Crippen molar-refractivity contribution in [2.75, 3.05) is 12.8 Å². The van der Waals surface area contributed by atoms with Crippen LogP contribution >= 0.6 is 0 Å². The molecule has 0 atom stereocenters. The number of carbonyl (C=O) groups is 1. The first-order chi connectivity index (χ1) is 14.2. The van der Waals surface area contributed by atoms with E-state index < -0.39 is 15.9 Å². The van der Waals surface area contributed by atoms with Gasteiger partial charge in [0, 0.05) is 12.1 Å². The lowest BCUT2D eigenvalue weighted by Crippen LogP contribution is -2.39. The van der Waals surface area contributed by atoms with Crippen LogP contribution in [0.25, 0.3) is 11.4 Å². The van der Waals surface area contributed by atoms with Crippen molar-refractivity contribution in [3.05, 3.63) is 71.1 Å². The Morgan fingerprint density at radius 3 is 2.47 bits per heavy atom. The Kier molecular flexibility index (Phi) is 6.63. The Labute approximate surface area is 176 Å². The van der Waals surface area contributed by atoms with Crippen LogP contribution in [0.5, 0.6) is 0 Å². The summed E-state index contributed by atoms with van der Waals surface area (Å²) in [5, 5.41) is 6.58. The number of carbonyl (C=O) groups excluding carboxylic acids is 1. The highest BCUT2D eigenvalue weighted by molar-refractivity contribution is 7.88. The molecule has 30 heavy (non-hydrogen) atoms. The van der Waals surface area contributed by atoms with Gasteiger partial charge in [0.1, 0.15) is 0 Å². The highest BCUT2D eigenvalue weighted by Crippen LogP contribution is 2.19. The van der Waals surface area contributed by atoms with Gasteiger partial charge in [0.05, 0.1) is 19.3 Å². The third-order valence-corrected chi connectivity index (χ3v) is 5.76. The zero-order valence-electron chi connectivity index (χ0n) is 17.1. The molecular weight excluding hydrogens is 404 g/mol. The second-order valence-electron chi connectivity index (χ2n) is 7.12. The molecule has 0 aliphatic carbocycles. The predicted octanol–water partition coefficient (Wildman–Crippen LogP) is 2.43. The first-order valence-corrected chi connectivity index (χ1v) is 11.2. The minimum atomic E-state index is -3.57. The summed E-state index contributed by atoms with van der Waals surface area (Å²) in [6, 6.07) is 15.1. The van der Waals surface area contributed by atoms with E-state index >= 15 is 0 Å².